The van der Waals surface area contributed by atoms with E-state index in [9.17, 15) is 4.79 Å². The fourth-order valence-corrected chi connectivity index (χ4v) is 2.20. The number of carbonyl (C=O) groups excluding carboxylic acids is 1. The highest BCUT2D eigenvalue weighted by Gasteiger charge is 2.22. The van der Waals surface area contributed by atoms with Crippen molar-refractivity contribution in [2.24, 2.45) is 0 Å². The molecule has 0 bridgehead atoms. The van der Waals surface area contributed by atoms with Crippen LogP contribution in [0.4, 0.5) is 0 Å². The van der Waals surface area contributed by atoms with Gasteiger partial charge in [-0.2, -0.15) is 0 Å². The molecule has 1 aliphatic carbocycles. The first-order chi connectivity index (χ1) is 6.27. The van der Waals surface area contributed by atoms with E-state index in [1.807, 2.05) is 0 Å². The third kappa shape index (κ3) is 1.64. The Bertz CT molecular complexity index is 328. The van der Waals surface area contributed by atoms with Crippen molar-refractivity contribution in [2.75, 3.05) is 0 Å². The lowest BCUT2D eigenvalue weighted by molar-refractivity contribution is -0.117. The first-order valence-corrected chi connectivity index (χ1v) is 4.84. The van der Waals surface area contributed by atoms with Crippen LogP contribution in [0.3, 0.4) is 0 Å². The van der Waals surface area contributed by atoms with E-state index in [4.69, 9.17) is 0 Å². The van der Waals surface area contributed by atoms with Crippen molar-refractivity contribution >= 4 is 5.78 Å². The minimum Gasteiger partial charge on any atom is -0.300 e. The third-order valence-electron chi connectivity index (χ3n) is 2.79. The molecule has 13 heavy (non-hydrogen) atoms. The second-order valence-corrected chi connectivity index (χ2v) is 3.84. The lowest BCUT2D eigenvalue weighted by Gasteiger charge is -2.08. The van der Waals surface area contributed by atoms with Crippen molar-refractivity contribution in [3.63, 3.8) is 0 Å². The fourth-order valence-electron chi connectivity index (χ4n) is 2.20. The summed E-state index contributed by atoms with van der Waals surface area (Å²) in [7, 11) is 0. The Morgan fingerprint density at radius 2 is 2.23 bits per heavy atom. The van der Waals surface area contributed by atoms with Crippen LogP contribution >= 0.6 is 0 Å². The molecule has 1 aromatic carbocycles. The maximum atomic E-state index is 11.0. The molecule has 1 aliphatic rings. The van der Waals surface area contributed by atoms with Gasteiger partial charge in [0.15, 0.2) is 0 Å². The van der Waals surface area contributed by atoms with E-state index in [1.54, 1.807) is 6.92 Å². The first kappa shape index (κ1) is 8.49. The normalized spacial score (nSPS) is 19.9. The zero-order valence-electron chi connectivity index (χ0n) is 7.92. The monoisotopic (exact) mass is 174 g/mol. The molecular weight excluding hydrogens is 160 g/mol. The minimum absolute atomic E-state index is 0.307. The minimum atomic E-state index is 0.307. The van der Waals surface area contributed by atoms with Crippen LogP contribution in [0, 0.1) is 0 Å². The van der Waals surface area contributed by atoms with Gasteiger partial charge < -0.3 is 4.79 Å². The van der Waals surface area contributed by atoms with Crippen LogP contribution in [0.2, 0.25) is 0 Å². The molecule has 0 saturated carbocycles. The fraction of sp³-hybridized carbons (Fsp3) is 0.417. The molecule has 0 radical (unpaired) electrons. The summed E-state index contributed by atoms with van der Waals surface area (Å²) >= 11 is 0. The third-order valence-corrected chi connectivity index (χ3v) is 2.79. The zero-order valence-corrected chi connectivity index (χ0v) is 7.92. The summed E-state index contributed by atoms with van der Waals surface area (Å²) in [6.07, 6.45) is 3.02. The van der Waals surface area contributed by atoms with Gasteiger partial charge in [-0.15, -0.1) is 0 Å². The molecule has 1 heteroatoms. The molecule has 1 atom stereocenters. The second kappa shape index (κ2) is 3.33. The Hall–Kier alpha value is -1.11. The molecule has 1 aromatic rings. The van der Waals surface area contributed by atoms with E-state index in [-0.39, 0.29) is 0 Å². The van der Waals surface area contributed by atoms with Crippen molar-refractivity contribution in [2.45, 2.75) is 32.1 Å². The van der Waals surface area contributed by atoms with Crippen molar-refractivity contribution in [1.29, 1.82) is 0 Å². The summed E-state index contributed by atoms with van der Waals surface area (Å²) in [6.45, 7) is 1.68. The topological polar surface area (TPSA) is 17.1 Å². The number of hydrogen-bond acceptors (Lipinski definition) is 1. The van der Waals surface area contributed by atoms with Crippen LogP contribution in [0.25, 0.3) is 0 Å². The van der Waals surface area contributed by atoms with Gasteiger partial charge in [0.2, 0.25) is 0 Å². The number of ketones is 1. The van der Waals surface area contributed by atoms with Gasteiger partial charge in [-0.3, -0.25) is 0 Å². The molecular formula is C12H14O. The molecule has 0 N–H and O–H groups in total. The van der Waals surface area contributed by atoms with E-state index in [0.29, 0.717) is 11.7 Å². The highest BCUT2D eigenvalue weighted by molar-refractivity contribution is 5.76. The Balaban J connectivity index is 2.23. The van der Waals surface area contributed by atoms with Crippen LogP contribution in [-0.2, 0) is 11.2 Å². The van der Waals surface area contributed by atoms with Crippen molar-refractivity contribution in [3.8, 4) is 0 Å². The molecule has 0 aromatic heterocycles. The molecule has 0 saturated heterocycles. The quantitative estimate of drug-likeness (QED) is 0.673. The molecule has 0 spiro atoms. The Labute approximate surface area is 78.8 Å². The van der Waals surface area contributed by atoms with Gasteiger partial charge >= 0.3 is 0 Å². The Morgan fingerprint density at radius 3 is 3.00 bits per heavy atom. The zero-order chi connectivity index (χ0) is 9.26. The molecule has 2 rings (SSSR count). The molecule has 0 amide bonds. The van der Waals surface area contributed by atoms with E-state index < -0.39 is 0 Å². The van der Waals surface area contributed by atoms with E-state index >= 15 is 0 Å². The van der Waals surface area contributed by atoms with Gasteiger partial charge in [-0.05, 0) is 36.8 Å². The molecule has 0 heterocycles. The summed E-state index contributed by atoms with van der Waals surface area (Å²) < 4.78 is 0. The van der Waals surface area contributed by atoms with Crippen LogP contribution in [0.1, 0.15) is 36.8 Å². The lowest BCUT2D eigenvalue weighted by atomic mass is 9.96. The van der Waals surface area contributed by atoms with Crippen molar-refractivity contribution < 1.29 is 4.79 Å². The largest absolute Gasteiger partial charge is 0.300 e. The van der Waals surface area contributed by atoms with Crippen molar-refractivity contribution in [3.05, 3.63) is 35.4 Å². The number of aryl methyl sites for hydroxylation is 1. The Kier molecular flexibility index (Phi) is 2.17. The van der Waals surface area contributed by atoms with E-state index in [1.165, 1.54) is 11.1 Å². The number of carbonyl (C=O) groups is 1. The van der Waals surface area contributed by atoms with Crippen LogP contribution in [0.5, 0.6) is 0 Å². The summed E-state index contributed by atoms with van der Waals surface area (Å²) in [4.78, 5) is 11.0. The standard InChI is InChI=1S/C12H14O/c1-9(13)8-11-7-6-10-4-2-3-5-12(10)11/h2-5,11H,6-8H2,1H3/t11-/m1/s1. The van der Waals surface area contributed by atoms with Gasteiger partial charge in [-0.25, -0.2) is 0 Å². The number of rotatable bonds is 2. The molecule has 68 valence electrons. The van der Waals surface area contributed by atoms with E-state index in [2.05, 4.69) is 24.3 Å². The van der Waals surface area contributed by atoms with Gasteiger partial charge in [0.25, 0.3) is 0 Å². The SMILES string of the molecule is CC(=O)C[C@H]1CCc2ccccc21. The second-order valence-electron chi connectivity index (χ2n) is 3.84. The van der Waals surface area contributed by atoms with Gasteiger partial charge in [0.05, 0.1) is 0 Å². The average Bonchev–Trinajstić information content (AvgIpc) is 2.48. The summed E-state index contributed by atoms with van der Waals surface area (Å²) in [5.74, 6) is 0.801. The smallest absolute Gasteiger partial charge is 0.130 e. The summed E-state index contributed by atoms with van der Waals surface area (Å²) in [5.41, 5.74) is 2.84. The number of Topliss-reactive ketones (excluding diaryl/α,β-unsaturated/α-hetero) is 1. The summed E-state index contributed by atoms with van der Waals surface area (Å²) in [6, 6.07) is 8.48. The lowest BCUT2D eigenvalue weighted by Crippen LogP contribution is -2.00. The van der Waals surface area contributed by atoms with Gasteiger partial charge in [-0.1, -0.05) is 24.3 Å². The maximum absolute atomic E-state index is 11.0. The van der Waals surface area contributed by atoms with Gasteiger partial charge in [0.1, 0.15) is 5.78 Å². The maximum Gasteiger partial charge on any atom is 0.130 e. The first-order valence-electron chi connectivity index (χ1n) is 4.84. The van der Waals surface area contributed by atoms with Crippen LogP contribution in [-0.4, -0.2) is 5.78 Å². The molecule has 0 aliphatic heterocycles. The highest BCUT2D eigenvalue weighted by atomic mass is 16.1. The van der Waals surface area contributed by atoms with E-state index in [0.717, 1.165) is 19.3 Å². The molecule has 1 nitrogen and oxygen atoms in total. The molecule has 0 unspecified atom stereocenters. The Morgan fingerprint density at radius 1 is 1.46 bits per heavy atom. The van der Waals surface area contributed by atoms with Crippen LogP contribution in [0.15, 0.2) is 24.3 Å². The number of benzene rings is 1. The predicted octanol–water partition coefficient (Wildman–Crippen LogP) is 2.70. The average molecular weight is 174 g/mol. The summed E-state index contributed by atoms with van der Waals surface area (Å²) in [5, 5.41) is 0. The number of fused-ring (bicyclic) bond motifs is 1. The highest BCUT2D eigenvalue weighted by Crippen LogP contribution is 2.35. The van der Waals surface area contributed by atoms with Gasteiger partial charge in [0, 0.05) is 6.42 Å². The van der Waals surface area contributed by atoms with Crippen LogP contribution < -0.4 is 0 Å². The number of hydrogen-bond donors (Lipinski definition) is 0. The van der Waals surface area contributed by atoms with Crippen molar-refractivity contribution in [1.82, 2.24) is 0 Å². The predicted molar refractivity (Wildman–Crippen MR) is 52.8 cm³/mol. The molecule has 0 fully saturated rings.